The van der Waals surface area contributed by atoms with E-state index >= 15 is 0 Å². The van der Waals surface area contributed by atoms with Gasteiger partial charge in [0.2, 0.25) is 0 Å². The van der Waals surface area contributed by atoms with E-state index in [-0.39, 0.29) is 5.41 Å². The molecule has 0 N–H and O–H groups in total. The summed E-state index contributed by atoms with van der Waals surface area (Å²) in [5.41, 5.74) is 2.37. The van der Waals surface area contributed by atoms with E-state index in [0.29, 0.717) is 0 Å². The number of aromatic nitrogens is 1. The highest BCUT2D eigenvalue weighted by atomic mass is 79.9. The molecule has 0 aliphatic heterocycles. The van der Waals surface area contributed by atoms with E-state index in [1.807, 2.05) is 12.1 Å². The average molecular weight is 296 g/mol. The largest absolute Gasteiger partial charge is 0.241 e. The highest BCUT2D eigenvalue weighted by Crippen LogP contribution is 2.30. The third kappa shape index (κ3) is 2.53. The standard InChI is InChI=1S/C13H14BrNS/c1-13(2,3)12-15-11(8-16-12)9-5-4-6-10(14)7-9/h4-8H,1-3H3. The van der Waals surface area contributed by atoms with Crippen molar-refractivity contribution in [2.24, 2.45) is 0 Å². The van der Waals surface area contributed by atoms with Crippen LogP contribution in [0.15, 0.2) is 34.1 Å². The van der Waals surface area contributed by atoms with Gasteiger partial charge in [0, 0.05) is 20.8 Å². The Morgan fingerprint density at radius 2 is 2.00 bits per heavy atom. The van der Waals surface area contributed by atoms with Gasteiger partial charge in [0.15, 0.2) is 0 Å². The van der Waals surface area contributed by atoms with Gasteiger partial charge in [-0.25, -0.2) is 4.98 Å². The van der Waals surface area contributed by atoms with Crippen LogP contribution in [0.3, 0.4) is 0 Å². The third-order valence-electron chi connectivity index (χ3n) is 2.27. The second kappa shape index (κ2) is 4.30. The van der Waals surface area contributed by atoms with Gasteiger partial charge in [-0.3, -0.25) is 0 Å². The van der Waals surface area contributed by atoms with Crippen molar-refractivity contribution in [1.82, 2.24) is 4.98 Å². The number of hydrogen-bond acceptors (Lipinski definition) is 2. The van der Waals surface area contributed by atoms with E-state index in [9.17, 15) is 0 Å². The minimum Gasteiger partial charge on any atom is -0.241 e. The molecule has 0 bridgehead atoms. The van der Waals surface area contributed by atoms with E-state index in [2.05, 4.69) is 54.2 Å². The molecule has 1 aromatic carbocycles. The summed E-state index contributed by atoms with van der Waals surface area (Å²) in [5, 5.41) is 3.31. The number of halogens is 1. The molecule has 2 aromatic rings. The lowest BCUT2D eigenvalue weighted by atomic mass is 9.98. The third-order valence-corrected chi connectivity index (χ3v) is 4.03. The summed E-state index contributed by atoms with van der Waals surface area (Å²) in [6, 6.07) is 8.25. The zero-order chi connectivity index (χ0) is 11.8. The minimum atomic E-state index is 0.134. The SMILES string of the molecule is CC(C)(C)c1nc(-c2cccc(Br)c2)cs1. The Hall–Kier alpha value is -0.670. The fourth-order valence-electron chi connectivity index (χ4n) is 1.40. The molecule has 0 unspecified atom stereocenters. The van der Waals surface area contributed by atoms with Crippen LogP contribution >= 0.6 is 27.3 Å². The van der Waals surface area contributed by atoms with E-state index < -0.39 is 0 Å². The highest BCUT2D eigenvalue weighted by Gasteiger charge is 2.18. The van der Waals surface area contributed by atoms with E-state index in [1.54, 1.807) is 11.3 Å². The smallest absolute Gasteiger partial charge is 0.0986 e. The van der Waals surface area contributed by atoms with Gasteiger partial charge in [0.05, 0.1) is 10.7 Å². The van der Waals surface area contributed by atoms with Gasteiger partial charge in [-0.15, -0.1) is 11.3 Å². The Morgan fingerprint density at radius 3 is 2.56 bits per heavy atom. The second-order valence-corrected chi connectivity index (χ2v) is 6.57. The quantitative estimate of drug-likeness (QED) is 0.731. The van der Waals surface area contributed by atoms with Crippen molar-refractivity contribution in [1.29, 1.82) is 0 Å². The topological polar surface area (TPSA) is 12.9 Å². The van der Waals surface area contributed by atoms with Crippen molar-refractivity contribution in [3.63, 3.8) is 0 Å². The molecule has 0 radical (unpaired) electrons. The van der Waals surface area contributed by atoms with Crippen LogP contribution < -0.4 is 0 Å². The molecule has 0 spiro atoms. The van der Waals surface area contributed by atoms with Gasteiger partial charge in [-0.05, 0) is 12.1 Å². The van der Waals surface area contributed by atoms with Crippen molar-refractivity contribution in [3.8, 4) is 11.3 Å². The molecule has 84 valence electrons. The minimum absolute atomic E-state index is 0.134. The first kappa shape index (κ1) is 11.8. The van der Waals surface area contributed by atoms with Crippen LogP contribution in [0.1, 0.15) is 25.8 Å². The lowest BCUT2D eigenvalue weighted by Crippen LogP contribution is -2.10. The molecule has 1 heterocycles. The van der Waals surface area contributed by atoms with Gasteiger partial charge in [0.25, 0.3) is 0 Å². The molecule has 0 aliphatic carbocycles. The van der Waals surface area contributed by atoms with Crippen molar-refractivity contribution < 1.29 is 0 Å². The Morgan fingerprint density at radius 1 is 1.25 bits per heavy atom. The highest BCUT2D eigenvalue weighted by molar-refractivity contribution is 9.10. The molecule has 3 heteroatoms. The summed E-state index contributed by atoms with van der Waals surface area (Å²) < 4.78 is 1.09. The first-order valence-corrected chi connectivity index (χ1v) is 6.86. The average Bonchev–Trinajstić information content (AvgIpc) is 2.65. The van der Waals surface area contributed by atoms with Crippen LogP contribution in [-0.4, -0.2) is 4.98 Å². The molecule has 0 aliphatic rings. The molecule has 0 amide bonds. The number of nitrogens with zero attached hydrogens (tertiary/aromatic N) is 1. The Balaban J connectivity index is 2.39. The lowest BCUT2D eigenvalue weighted by molar-refractivity contribution is 0.586. The number of rotatable bonds is 1. The fourth-order valence-corrected chi connectivity index (χ4v) is 2.71. The van der Waals surface area contributed by atoms with Crippen LogP contribution in [0.25, 0.3) is 11.3 Å². The van der Waals surface area contributed by atoms with Crippen LogP contribution in [-0.2, 0) is 5.41 Å². The maximum absolute atomic E-state index is 4.69. The Bertz CT molecular complexity index is 497. The van der Waals surface area contributed by atoms with Gasteiger partial charge < -0.3 is 0 Å². The molecule has 1 nitrogen and oxygen atoms in total. The summed E-state index contributed by atoms with van der Waals surface area (Å²) in [6.45, 7) is 6.57. The van der Waals surface area contributed by atoms with E-state index in [1.165, 1.54) is 10.6 Å². The van der Waals surface area contributed by atoms with Crippen molar-refractivity contribution >= 4 is 27.3 Å². The molecule has 1 aromatic heterocycles. The monoisotopic (exact) mass is 295 g/mol. The molecule has 0 atom stereocenters. The molecule has 16 heavy (non-hydrogen) atoms. The first-order valence-electron chi connectivity index (χ1n) is 5.19. The Kier molecular flexibility index (Phi) is 3.17. The normalized spacial score (nSPS) is 11.8. The number of hydrogen-bond donors (Lipinski definition) is 0. The lowest BCUT2D eigenvalue weighted by Gasteiger charge is -2.13. The summed E-state index contributed by atoms with van der Waals surface area (Å²) in [6.07, 6.45) is 0. The summed E-state index contributed by atoms with van der Waals surface area (Å²) in [5.74, 6) is 0. The van der Waals surface area contributed by atoms with E-state index in [0.717, 1.165) is 10.2 Å². The number of benzene rings is 1. The molecular formula is C13H14BrNS. The van der Waals surface area contributed by atoms with E-state index in [4.69, 9.17) is 4.98 Å². The summed E-state index contributed by atoms with van der Waals surface area (Å²) >= 11 is 5.21. The van der Waals surface area contributed by atoms with Crippen LogP contribution in [0.2, 0.25) is 0 Å². The summed E-state index contributed by atoms with van der Waals surface area (Å²) in [4.78, 5) is 4.69. The van der Waals surface area contributed by atoms with Gasteiger partial charge in [-0.1, -0.05) is 48.8 Å². The molecule has 0 saturated carbocycles. The molecule has 0 fully saturated rings. The molecule has 0 saturated heterocycles. The maximum atomic E-state index is 4.69. The molecule has 2 rings (SSSR count). The van der Waals surface area contributed by atoms with Gasteiger partial charge in [0.1, 0.15) is 0 Å². The predicted molar refractivity (Wildman–Crippen MR) is 74.0 cm³/mol. The van der Waals surface area contributed by atoms with Crippen LogP contribution in [0.5, 0.6) is 0 Å². The van der Waals surface area contributed by atoms with Gasteiger partial charge >= 0.3 is 0 Å². The van der Waals surface area contributed by atoms with Crippen molar-refractivity contribution in [2.75, 3.05) is 0 Å². The predicted octanol–water partition coefficient (Wildman–Crippen LogP) is 4.87. The zero-order valence-electron chi connectivity index (χ0n) is 9.62. The van der Waals surface area contributed by atoms with Crippen molar-refractivity contribution in [2.45, 2.75) is 26.2 Å². The van der Waals surface area contributed by atoms with Crippen LogP contribution in [0.4, 0.5) is 0 Å². The first-order chi connectivity index (χ1) is 7.47. The van der Waals surface area contributed by atoms with Crippen LogP contribution in [0, 0.1) is 0 Å². The number of thiazole rings is 1. The maximum Gasteiger partial charge on any atom is 0.0986 e. The summed E-state index contributed by atoms with van der Waals surface area (Å²) in [7, 11) is 0. The molecular weight excluding hydrogens is 282 g/mol. The van der Waals surface area contributed by atoms with Crippen molar-refractivity contribution in [3.05, 3.63) is 39.1 Å². The fraction of sp³-hybridized carbons (Fsp3) is 0.308. The zero-order valence-corrected chi connectivity index (χ0v) is 12.0. The Labute approximate surface area is 109 Å². The van der Waals surface area contributed by atoms with Gasteiger partial charge in [-0.2, -0.15) is 0 Å². The second-order valence-electron chi connectivity index (χ2n) is 4.80.